The number of benzene rings is 3. The van der Waals surface area contributed by atoms with E-state index in [1.165, 1.54) is 4.90 Å². The third kappa shape index (κ3) is 7.84. The SMILES string of the molecule is CCN(CN(C(=O)C(N)Cc1c[nH]c2ccccc12)C(=O)[C@@H](N)C(C)C)C(=O)c1c(CCC(O)O)cccc1-c1ccccc1. The standard InChI is InChI=1S/C35H43N5O5/c1-4-39(34(44)31-24(17-18-30(41)42)13-10-15-27(31)23-11-6-5-7-12-23)21-40(35(45)32(37)22(2)3)33(43)28(36)19-25-20-38-29-16-9-8-14-26(25)29/h5-16,20,22,28,30,32,38,41-42H,4,17-19,21,36-37H2,1-3H3/t28?,32-/m0/s1. The molecule has 4 aromatic rings. The van der Waals surface area contributed by atoms with Gasteiger partial charge in [-0.2, -0.15) is 0 Å². The Hall–Kier alpha value is -4.35. The van der Waals surface area contributed by atoms with E-state index in [0.29, 0.717) is 16.7 Å². The van der Waals surface area contributed by atoms with Crippen LogP contribution >= 0.6 is 0 Å². The number of H-pyrrole nitrogens is 1. The minimum atomic E-state index is -1.54. The smallest absolute Gasteiger partial charge is 0.256 e. The zero-order valence-electron chi connectivity index (χ0n) is 26.0. The largest absolute Gasteiger partial charge is 0.368 e. The molecule has 0 aliphatic rings. The summed E-state index contributed by atoms with van der Waals surface area (Å²) in [7, 11) is 0. The molecule has 0 radical (unpaired) electrons. The second-order valence-corrected chi connectivity index (χ2v) is 11.6. The van der Waals surface area contributed by atoms with Crippen LogP contribution in [-0.2, 0) is 22.4 Å². The fraction of sp³-hybridized carbons (Fsp3) is 0.343. The molecular weight excluding hydrogens is 570 g/mol. The van der Waals surface area contributed by atoms with E-state index < -0.39 is 36.1 Å². The average molecular weight is 614 g/mol. The van der Waals surface area contributed by atoms with Crippen molar-refractivity contribution in [3.05, 3.63) is 95.7 Å². The van der Waals surface area contributed by atoms with Crippen molar-refractivity contribution in [2.45, 2.75) is 58.4 Å². The number of hydrogen-bond acceptors (Lipinski definition) is 7. The normalized spacial score (nSPS) is 12.8. The van der Waals surface area contributed by atoms with Crippen molar-refractivity contribution in [2.75, 3.05) is 13.2 Å². The molecule has 0 saturated carbocycles. The summed E-state index contributed by atoms with van der Waals surface area (Å²) in [4.78, 5) is 47.6. The molecule has 4 rings (SSSR count). The summed E-state index contributed by atoms with van der Waals surface area (Å²) in [5, 5.41) is 20.1. The van der Waals surface area contributed by atoms with E-state index >= 15 is 0 Å². The Morgan fingerprint density at radius 2 is 1.56 bits per heavy atom. The molecule has 1 heterocycles. The van der Waals surface area contributed by atoms with Gasteiger partial charge in [0.1, 0.15) is 6.67 Å². The summed E-state index contributed by atoms with van der Waals surface area (Å²) in [6.07, 6.45) is 0.689. The van der Waals surface area contributed by atoms with Gasteiger partial charge in [0.25, 0.3) is 5.91 Å². The number of aromatic amines is 1. The van der Waals surface area contributed by atoms with Crippen LogP contribution in [0.1, 0.15) is 48.7 Å². The first-order chi connectivity index (χ1) is 21.5. The van der Waals surface area contributed by atoms with E-state index in [9.17, 15) is 24.6 Å². The highest BCUT2D eigenvalue weighted by molar-refractivity contribution is 6.04. The highest BCUT2D eigenvalue weighted by Gasteiger charge is 2.34. The number of nitrogens with zero attached hydrogens (tertiary/aromatic N) is 2. The lowest BCUT2D eigenvalue weighted by molar-refractivity contribution is -0.149. The van der Waals surface area contributed by atoms with E-state index in [2.05, 4.69) is 4.98 Å². The maximum Gasteiger partial charge on any atom is 0.256 e. The summed E-state index contributed by atoms with van der Waals surface area (Å²) >= 11 is 0. The molecule has 3 amide bonds. The summed E-state index contributed by atoms with van der Waals surface area (Å²) in [6.45, 7) is 5.17. The molecule has 1 aromatic heterocycles. The zero-order valence-corrected chi connectivity index (χ0v) is 26.0. The van der Waals surface area contributed by atoms with Crippen molar-refractivity contribution in [3.63, 3.8) is 0 Å². The molecule has 10 nitrogen and oxygen atoms in total. The van der Waals surface area contributed by atoms with Gasteiger partial charge in [-0.15, -0.1) is 0 Å². The molecule has 0 spiro atoms. The predicted molar refractivity (Wildman–Crippen MR) is 175 cm³/mol. The Morgan fingerprint density at radius 3 is 2.22 bits per heavy atom. The molecule has 45 heavy (non-hydrogen) atoms. The summed E-state index contributed by atoms with van der Waals surface area (Å²) in [5.41, 5.74) is 16.9. The maximum atomic E-state index is 14.4. The van der Waals surface area contributed by atoms with Crippen molar-refractivity contribution >= 4 is 28.6 Å². The van der Waals surface area contributed by atoms with Gasteiger partial charge in [0.05, 0.1) is 17.6 Å². The second-order valence-electron chi connectivity index (χ2n) is 11.6. The third-order valence-electron chi connectivity index (χ3n) is 8.07. The molecular formula is C35H43N5O5. The van der Waals surface area contributed by atoms with Crippen LogP contribution < -0.4 is 11.5 Å². The predicted octanol–water partition coefficient (Wildman–Crippen LogP) is 3.41. The highest BCUT2D eigenvalue weighted by atomic mass is 16.5. The fourth-order valence-electron chi connectivity index (χ4n) is 5.38. The average Bonchev–Trinajstić information content (AvgIpc) is 3.45. The number of nitrogens with one attached hydrogen (secondary N) is 1. The van der Waals surface area contributed by atoms with E-state index in [4.69, 9.17) is 11.5 Å². The molecule has 0 fully saturated rings. The van der Waals surface area contributed by atoms with Gasteiger partial charge in [-0.3, -0.25) is 19.3 Å². The number of rotatable bonds is 13. The molecule has 238 valence electrons. The maximum absolute atomic E-state index is 14.4. The number of carbonyl (C=O) groups excluding carboxylic acids is 3. The second kappa shape index (κ2) is 15.1. The minimum Gasteiger partial charge on any atom is -0.368 e. The van der Waals surface area contributed by atoms with Crippen LogP contribution in [0, 0.1) is 5.92 Å². The number of aromatic nitrogens is 1. The van der Waals surface area contributed by atoms with Gasteiger partial charge in [-0.1, -0.05) is 80.6 Å². The lowest BCUT2D eigenvalue weighted by Crippen LogP contribution is -2.57. The summed E-state index contributed by atoms with van der Waals surface area (Å²) < 4.78 is 0. The Kier molecular flexibility index (Phi) is 11.2. The number of hydrogen-bond donors (Lipinski definition) is 5. The highest BCUT2D eigenvalue weighted by Crippen LogP contribution is 2.29. The van der Waals surface area contributed by atoms with Gasteiger partial charge < -0.3 is 31.6 Å². The molecule has 2 atom stereocenters. The number of nitrogens with two attached hydrogens (primary N) is 2. The first-order valence-corrected chi connectivity index (χ1v) is 15.3. The van der Waals surface area contributed by atoms with Gasteiger partial charge in [0, 0.05) is 30.1 Å². The van der Waals surface area contributed by atoms with Crippen molar-refractivity contribution in [1.82, 2.24) is 14.8 Å². The van der Waals surface area contributed by atoms with E-state index in [1.807, 2.05) is 66.7 Å². The van der Waals surface area contributed by atoms with Gasteiger partial charge in [-0.25, -0.2) is 0 Å². The molecule has 0 aliphatic heterocycles. The van der Waals surface area contributed by atoms with Crippen LogP contribution in [-0.4, -0.2) is 74.3 Å². The Labute approximate surface area is 263 Å². The van der Waals surface area contributed by atoms with E-state index in [-0.39, 0.29) is 38.4 Å². The van der Waals surface area contributed by atoms with Crippen LogP contribution in [0.15, 0.2) is 79.0 Å². The quantitative estimate of drug-likeness (QED) is 0.144. The Morgan fingerprint density at radius 1 is 0.867 bits per heavy atom. The minimum absolute atomic E-state index is 0.0275. The van der Waals surface area contributed by atoms with Crippen LogP contribution in [0.5, 0.6) is 0 Å². The Bertz CT molecular complexity index is 1620. The fourth-order valence-corrected chi connectivity index (χ4v) is 5.38. The monoisotopic (exact) mass is 613 g/mol. The number of aliphatic hydroxyl groups excluding tert-OH is 1. The van der Waals surface area contributed by atoms with E-state index in [0.717, 1.165) is 26.9 Å². The van der Waals surface area contributed by atoms with Gasteiger partial charge >= 0.3 is 0 Å². The number of para-hydroxylation sites is 1. The molecule has 0 bridgehead atoms. The molecule has 7 N–H and O–H groups in total. The molecule has 3 aromatic carbocycles. The zero-order chi connectivity index (χ0) is 32.7. The number of imide groups is 1. The van der Waals surface area contributed by atoms with Crippen molar-refractivity contribution in [3.8, 4) is 11.1 Å². The lowest BCUT2D eigenvalue weighted by atomic mass is 9.92. The van der Waals surface area contributed by atoms with Crippen molar-refractivity contribution in [1.29, 1.82) is 0 Å². The molecule has 1 unspecified atom stereocenters. The molecule has 10 heteroatoms. The molecule has 0 aliphatic carbocycles. The Balaban J connectivity index is 1.70. The van der Waals surface area contributed by atoms with Gasteiger partial charge in [0.15, 0.2) is 6.29 Å². The van der Waals surface area contributed by atoms with Crippen LogP contribution in [0.25, 0.3) is 22.0 Å². The first-order valence-electron chi connectivity index (χ1n) is 15.3. The van der Waals surface area contributed by atoms with Crippen molar-refractivity contribution in [2.24, 2.45) is 17.4 Å². The molecule has 0 saturated heterocycles. The number of aliphatic hydroxyl groups is 2. The van der Waals surface area contributed by atoms with Crippen LogP contribution in [0.2, 0.25) is 0 Å². The topological polar surface area (TPSA) is 166 Å². The first kappa shape index (κ1) is 33.5. The van der Waals surface area contributed by atoms with Crippen molar-refractivity contribution < 1.29 is 24.6 Å². The van der Waals surface area contributed by atoms with Gasteiger partial charge in [0.2, 0.25) is 11.8 Å². The number of amides is 3. The van der Waals surface area contributed by atoms with Crippen LogP contribution in [0.4, 0.5) is 0 Å². The third-order valence-corrected chi connectivity index (χ3v) is 8.07. The summed E-state index contributed by atoms with van der Waals surface area (Å²) in [6, 6.07) is 20.4. The van der Waals surface area contributed by atoms with Crippen LogP contribution in [0.3, 0.4) is 0 Å². The van der Waals surface area contributed by atoms with E-state index in [1.54, 1.807) is 33.0 Å². The number of carbonyl (C=O) groups is 3. The summed E-state index contributed by atoms with van der Waals surface area (Å²) in [5.74, 6) is -1.92. The number of aryl methyl sites for hydroxylation is 1. The van der Waals surface area contributed by atoms with Gasteiger partial charge in [-0.05, 0) is 54.0 Å². The number of fused-ring (bicyclic) bond motifs is 1. The lowest BCUT2D eigenvalue weighted by Gasteiger charge is -2.33.